The Hall–Kier alpha value is -3.19. The van der Waals surface area contributed by atoms with Crippen molar-refractivity contribution < 1.29 is 30.8 Å². The molecule has 3 aromatic rings. The molecule has 0 aliphatic carbocycles. The topological polar surface area (TPSA) is 87.0 Å². The fraction of sp³-hybridized carbons (Fsp3) is 0.300. The standard InChI is InChI=1S/C20H19F4N5O3S/c1-27(2)33(31,32)26-20(30)14-9-25-29-6-5-16(18(24)19(14)29)28-10-12(22)8-17(28)13-7-11(21)3-4-15(13)23/h3-7,9,12,17H,8,10H2,1-2H3,(H,26,30)/t12-,17+/m0/s1. The second kappa shape index (κ2) is 8.30. The van der Waals surface area contributed by atoms with Gasteiger partial charge in [0.15, 0.2) is 5.82 Å². The lowest BCUT2D eigenvalue weighted by molar-refractivity contribution is 0.0981. The average Bonchev–Trinajstić information content (AvgIpc) is 3.34. The van der Waals surface area contributed by atoms with Crippen molar-refractivity contribution in [2.75, 3.05) is 25.5 Å². The van der Waals surface area contributed by atoms with Crippen LogP contribution in [0, 0.1) is 17.5 Å². The van der Waals surface area contributed by atoms with E-state index in [4.69, 9.17) is 0 Å². The lowest BCUT2D eigenvalue weighted by Crippen LogP contribution is -2.39. The van der Waals surface area contributed by atoms with E-state index >= 15 is 4.39 Å². The molecule has 13 heteroatoms. The maximum Gasteiger partial charge on any atom is 0.303 e. The summed E-state index contributed by atoms with van der Waals surface area (Å²) < 4.78 is 85.7. The molecular formula is C20H19F4N5O3S. The summed E-state index contributed by atoms with van der Waals surface area (Å²) in [6.07, 6.45) is 0.661. The average molecular weight is 485 g/mol. The molecule has 1 aliphatic rings. The Balaban J connectivity index is 1.78. The minimum Gasteiger partial charge on any atom is -0.359 e. The molecule has 4 rings (SSSR count). The molecule has 1 aromatic carbocycles. The zero-order valence-corrected chi connectivity index (χ0v) is 18.3. The summed E-state index contributed by atoms with van der Waals surface area (Å²) in [5, 5.41) is 3.87. The van der Waals surface area contributed by atoms with Crippen LogP contribution in [0.25, 0.3) is 5.52 Å². The summed E-state index contributed by atoms with van der Waals surface area (Å²) in [5.74, 6) is -3.59. The number of hydrogen-bond acceptors (Lipinski definition) is 5. The van der Waals surface area contributed by atoms with Crippen LogP contribution in [0.1, 0.15) is 28.4 Å². The molecule has 1 fully saturated rings. The quantitative estimate of drug-likeness (QED) is 0.562. The van der Waals surface area contributed by atoms with Gasteiger partial charge in [-0.25, -0.2) is 26.8 Å². The molecule has 1 N–H and O–H groups in total. The Bertz CT molecular complexity index is 1340. The molecule has 3 heterocycles. The van der Waals surface area contributed by atoms with Crippen LogP contribution in [0.4, 0.5) is 23.2 Å². The van der Waals surface area contributed by atoms with Crippen molar-refractivity contribution in [1.82, 2.24) is 18.6 Å². The lowest BCUT2D eigenvalue weighted by Gasteiger charge is -2.27. The first-order valence-electron chi connectivity index (χ1n) is 9.75. The number of nitrogens with one attached hydrogen (secondary N) is 1. The maximum atomic E-state index is 15.6. The first-order valence-corrected chi connectivity index (χ1v) is 11.2. The summed E-state index contributed by atoms with van der Waals surface area (Å²) in [4.78, 5) is 13.8. The van der Waals surface area contributed by atoms with Crippen molar-refractivity contribution in [3.05, 3.63) is 65.2 Å². The smallest absolute Gasteiger partial charge is 0.303 e. The first kappa shape index (κ1) is 23.0. The van der Waals surface area contributed by atoms with Gasteiger partial charge in [0.1, 0.15) is 23.3 Å². The van der Waals surface area contributed by atoms with Crippen molar-refractivity contribution in [1.29, 1.82) is 0 Å². The number of halogens is 4. The van der Waals surface area contributed by atoms with Crippen LogP contribution in [0.15, 0.2) is 36.7 Å². The summed E-state index contributed by atoms with van der Waals surface area (Å²) in [6, 6.07) is 3.05. The third-order valence-electron chi connectivity index (χ3n) is 5.43. The van der Waals surface area contributed by atoms with E-state index in [1.54, 1.807) is 4.72 Å². The highest BCUT2D eigenvalue weighted by molar-refractivity contribution is 7.87. The number of pyridine rings is 1. The fourth-order valence-electron chi connectivity index (χ4n) is 3.80. The number of amides is 1. The van der Waals surface area contributed by atoms with Crippen LogP contribution in [0.5, 0.6) is 0 Å². The van der Waals surface area contributed by atoms with Gasteiger partial charge in [0.05, 0.1) is 23.5 Å². The third-order valence-corrected chi connectivity index (χ3v) is 6.83. The highest BCUT2D eigenvalue weighted by Gasteiger charge is 2.37. The van der Waals surface area contributed by atoms with Crippen molar-refractivity contribution in [2.24, 2.45) is 0 Å². The van der Waals surface area contributed by atoms with Crippen molar-refractivity contribution in [3.63, 3.8) is 0 Å². The minimum atomic E-state index is -4.15. The molecule has 33 heavy (non-hydrogen) atoms. The molecule has 176 valence electrons. The number of hydrogen-bond donors (Lipinski definition) is 1. The molecule has 1 amide bonds. The van der Waals surface area contributed by atoms with Crippen molar-refractivity contribution in [3.8, 4) is 0 Å². The van der Waals surface area contributed by atoms with Crippen molar-refractivity contribution >= 4 is 27.3 Å². The summed E-state index contributed by atoms with van der Waals surface area (Å²) in [6.45, 7) is -0.293. The van der Waals surface area contributed by atoms with Gasteiger partial charge >= 0.3 is 10.2 Å². The summed E-state index contributed by atoms with van der Waals surface area (Å²) >= 11 is 0. The number of carbonyl (C=O) groups excluding carboxylic acids is 1. The highest BCUT2D eigenvalue weighted by atomic mass is 32.2. The number of nitrogens with zero attached hydrogens (tertiary/aromatic N) is 4. The fourth-order valence-corrected chi connectivity index (χ4v) is 4.32. The molecule has 0 unspecified atom stereocenters. The predicted molar refractivity (Wildman–Crippen MR) is 111 cm³/mol. The van der Waals surface area contributed by atoms with E-state index in [2.05, 4.69) is 5.10 Å². The second-order valence-electron chi connectivity index (χ2n) is 7.75. The van der Waals surface area contributed by atoms with E-state index in [9.17, 15) is 26.4 Å². The summed E-state index contributed by atoms with van der Waals surface area (Å²) in [5.41, 5.74) is -1.01. The van der Waals surface area contributed by atoms with Crippen LogP contribution in [0.2, 0.25) is 0 Å². The minimum absolute atomic E-state index is 0.127. The van der Waals surface area contributed by atoms with Gasteiger partial charge < -0.3 is 4.90 Å². The Kier molecular flexibility index (Phi) is 5.78. The second-order valence-corrected chi connectivity index (χ2v) is 9.64. The third kappa shape index (κ3) is 4.13. The molecule has 0 radical (unpaired) electrons. The lowest BCUT2D eigenvalue weighted by atomic mass is 10.0. The van der Waals surface area contributed by atoms with Gasteiger partial charge in [-0.05, 0) is 24.3 Å². The van der Waals surface area contributed by atoms with Gasteiger partial charge in [-0.15, -0.1) is 0 Å². The monoisotopic (exact) mass is 485 g/mol. The molecular weight excluding hydrogens is 466 g/mol. The Labute approximate surface area is 186 Å². The van der Waals surface area contributed by atoms with Gasteiger partial charge in [0, 0.05) is 38.8 Å². The molecule has 0 bridgehead atoms. The van der Waals surface area contributed by atoms with E-state index in [0.717, 1.165) is 33.2 Å². The molecule has 0 saturated carbocycles. The molecule has 2 aromatic heterocycles. The van der Waals surface area contributed by atoms with Crippen LogP contribution in [-0.4, -0.2) is 55.1 Å². The predicted octanol–water partition coefficient (Wildman–Crippen LogP) is 2.58. The number of benzene rings is 1. The van der Waals surface area contributed by atoms with E-state index in [0.29, 0.717) is 0 Å². The zero-order valence-electron chi connectivity index (χ0n) is 17.5. The van der Waals surface area contributed by atoms with E-state index in [1.807, 2.05) is 0 Å². The van der Waals surface area contributed by atoms with Crippen LogP contribution >= 0.6 is 0 Å². The van der Waals surface area contributed by atoms with Gasteiger partial charge in [0.2, 0.25) is 0 Å². The first-order chi connectivity index (χ1) is 15.5. The molecule has 2 atom stereocenters. The van der Waals surface area contributed by atoms with Gasteiger partial charge in [0.25, 0.3) is 5.91 Å². The SMILES string of the molecule is CN(C)S(=O)(=O)NC(=O)c1cnn2ccc(N3C[C@@H](F)C[C@@H]3c3cc(F)ccc3F)c(F)c12. The number of anilines is 1. The van der Waals surface area contributed by atoms with Gasteiger partial charge in [-0.1, -0.05) is 0 Å². The van der Waals surface area contributed by atoms with Crippen LogP contribution < -0.4 is 9.62 Å². The number of rotatable bonds is 5. The van der Waals surface area contributed by atoms with Crippen LogP contribution in [0.3, 0.4) is 0 Å². The Morgan fingerprint density at radius 2 is 1.94 bits per heavy atom. The maximum absolute atomic E-state index is 15.6. The van der Waals surface area contributed by atoms with E-state index in [-0.39, 0.29) is 35.3 Å². The van der Waals surface area contributed by atoms with E-state index < -0.39 is 45.8 Å². The number of carbonyl (C=O) groups is 1. The number of aromatic nitrogens is 2. The highest BCUT2D eigenvalue weighted by Crippen LogP contribution is 2.40. The summed E-state index contributed by atoms with van der Waals surface area (Å²) in [7, 11) is -1.74. The zero-order chi connectivity index (χ0) is 24.1. The van der Waals surface area contributed by atoms with Crippen LogP contribution in [-0.2, 0) is 10.2 Å². The largest absolute Gasteiger partial charge is 0.359 e. The van der Waals surface area contributed by atoms with Gasteiger partial charge in [-0.3, -0.25) is 4.79 Å². The van der Waals surface area contributed by atoms with Gasteiger partial charge in [-0.2, -0.15) is 17.8 Å². The number of fused-ring (bicyclic) bond motifs is 1. The van der Waals surface area contributed by atoms with E-state index in [1.165, 1.54) is 31.3 Å². The Morgan fingerprint density at radius 3 is 2.64 bits per heavy atom. The van der Waals surface area contributed by atoms with Crippen molar-refractivity contribution in [2.45, 2.75) is 18.6 Å². The Morgan fingerprint density at radius 1 is 1.21 bits per heavy atom. The molecule has 1 saturated heterocycles. The molecule has 0 spiro atoms. The number of alkyl halides is 1. The molecule has 1 aliphatic heterocycles. The normalized spacial score (nSPS) is 18.9. The molecule has 8 nitrogen and oxygen atoms in total.